The number of piperazine rings is 1. The fraction of sp³-hybridized carbons (Fsp3) is 0.562. The Morgan fingerprint density at radius 2 is 1.64 bits per heavy atom. The fourth-order valence-electron chi connectivity index (χ4n) is 2.62. The molecule has 0 unspecified atom stereocenters. The van der Waals surface area contributed by atoms with Crippen molar-refractivity contribution in [3.8, 4) is 17.2 Å². The van der Waals surface area contributed by atoms with Gasteiger partial charge in [-0.25, -0.2) is 0 Å². The number of Topliss-reactive ketones (excluding diaryl/α,β-unsaturated/α-hetero) is 1. The summed E-state index contributed by atoms with van der Waals surface area (Å²) in [5.74, 6) is 1.47. The molecule has 0 spiro atoms. The Balaban J connectivity index is 2.18. The van der Waals surface area contributed by atoms with Gasteiger partial charge in [-0.1, -0.05) is 0 Å². The zero-order chi connectivity index (χ0) is 16.1. The van der Waals surface area contributed by atoms with Crippen LogP contribution in [0.15, 0.2) is 12.1 Å². The van der Waals surface area contributed by atoms with Crippen molar-refractivity contribution in [3.63, 3.8) is 0 Å². The first-order chi connectivity index (χ1) is 10.6. The van der Waals surface area contributed by atoms with Crippen LogP contribution in [0.25, 0.3) is 0 Å². The number of likely N-dealkylation sites (N-methyl/N-ethyl adjacent to an activating group) is 1. The molecule has 0 saturated carbocycles. The van der Waals surface area contributed by atoms with Crippen molar-refractivity contribution in [1.29, 1.82) is 0 Å². The molecule has 6 nitrogen and oxygen atoms in total. The summed E-state index contributed by atoms with van der Waals surface area (Å²) in [6.45, 7) is 4.15. The number of carbonyl (C=O) groups is 1. The number of carbonyl (C=O) groups excluding carboxylic acids is 1. The third kappa shape index (κ3) is 3.51. The predicted molar refractivity (Wildman–Crippen MR) is 84.4 cm³/mol. The van der Waals surface area contributed by atoms with Crippen LogP contribution in [0.3, 0.4) is 0 Å². The van der Waals surface area contributed by atoms with Crippen molar-refractivity contribution in [2.75, 3.05) is 61.1 Å². The number of ether oxygens (including phenoxy) is 3. The molecule has 6 heteroatoms. The van der Waals surface area contributed by atoms with E-state index >= 15 is 0 Å². The lowest BCUT2D eigenvalue weighted by molar-refractivity contribution is 0.0873. The summed E-state index contributed by atoms with van der Waals surface area (Å²) in [5, 5.41) is 0. The number of hydrogen-bond acceptors (Lipinski definition) is 6. The van der Waals surface area contributed by atoms with E-state index in [1.165, 1.54) is 14.2 Å². The van der Waals surface area contributed by atoms with Gasteiger partial charge in [0.1, 0.15) is 0 Å². The molecule has 0 aromatic heterocycles. The second-order valence-electron chi connectivity index (χ2n) is 5.38. The van der Waals surface area contributed by atoms with Crippen molar-refractivity contribution in [2.24, 2.45) is 0 Å². The van der Waals surface area contributed by atoms with Gasteiger partial charge in [-0.05, 0) is 19.2 Å². The predicted octanol–water partition coefficient (Wildman–Crippen LogP) is 1.14. The SMILES string of the molecule is COc1ccc(C(=O)CN2CCN(C)CC2)c(OC)c1OC. The van der Waals surface area contributed by atoms with E-state index in [0.717, 1.165) is 26.2 Å². The summed E-state index contributed by atoms with van der Waals surface area (Å²) in [7, 11) is 6.72. The van der Waals surface area contributed by atoms with Crippen molar-refractivity contribution in [3.05, 3.63) is 17.7 Å². The molecule has 0 bridgehead atoms. The molecule has 1 aromatic carbocycles. The lowest BCUT2D eigenvalue weighted by Crippen LogP contribution is -2.46. The smallest absolute Gasteiger partial charge is 0.204 e. The molecule has 1 aliphatic heterocycles. The van der Waals surface area contributed by atoms with Gasteiger partial charge in [0.25, 0.3) is 0 Å². The molecule has 1 heterocycles. The topological polar surface area (TPSA) is 51.2 Å². The Morgan fingerprint density at radius 1 is 1.00 bits per heavy atom. The van der Waals surface area contributed by atoms with Gasteiger partial charge >= 0.3 is 0 Å². The Morgan fingerprint density at radius 3 is 2.18 bits per heavy atom. The molecule has 0 radical (unpaired) electrons. The van der Waals surface area contributed by atoms with Crippen molar-refractivity contribution in [2.45, 2.75) is 0 Å². The minimum Gasteiger partial charge on any atom is -0.493 e. The number of rotatable bonds is 6. The first-order valence-electron chi connectivity index (χ1n) is 7.33. The monoisotopic (exact) mass is 308 g/mol. The van der Waals surface area contributed by atoms with Crippen LogP contribution in [-0.2, 0) is 0 Å². The van der Waals surface area contributed by atoms with Crippen LogP contribution >= 0.6 is 0 Å². The standard InChI is InChI=1S/C16H24N2O4/c1-17-7-9-18(10-8-17)11-13(19)12-5-6-14(20-2)16(22-4)15(12)21-3/h5-6H,7-11H2,1-4H3. The summed E-state index contributed by atoms with van der Waals surface area (Å²) in [6, 6.07) is 3.47. The maximum absolute atomic E-state index is 12.6. The molecule has 1 aliphatic rings. The van der Waals surface area contributed by atoms with E-state index in [-0.39, 0.29) is 5.78 Å². The molecule has 1 aromatic rings. The van der Waals surface area contributed by atoms with Crippen LogP contribution < -0.4 is 14.2 Å². The second-order valence-corrected chi connectivity index (χ2v) is 5.38. The van der Waals surface area contributed by atoms with Gasteiger partial charge in [-0.15, -0.1) is 0 Å². The van der Waals surface area contributed by atoms with Gasteiger partial charge in [-0.2, -0.15) is 0 Å². The fourth-order valence-corrected chi connectivity index (χ4v) is 2.62. The summed E-state index contributed by atoms with van der Waals surface area (Å²) in [5.41, 5.74) is 0.527. The lowest BCUT2D eigenvalue weighted by Gasteiger charge is -2.31. The first kappa shape index (κ1) is 16.6. The third-order valence-electron chi connectivity index (χ3n) is 3.97. The Kier molecular flexibility index (Phi) is 5.63. The first-order valence-corrected chi connectivity index (χ1v) is 7.33. The highest BCUT2D eigenvalue weighted by atomic mass is 16.5. The Labute approximate surface area is 131 Å². The minimum atomic E-state index is 0.0300. The highest BCUT2D eigenvalue weighted by Gasteiger charge is 2.23. The van der Waals surface area contributed by atoms with Crippen LogP contribution in [-0.4, -0.2) is 76.7 Å². The molecule has 1 saturated heterocycles. The average molecular weight is 308 g/mol. The van der Waals surface area contributed by atoms with Gasteiger partial charge in [0.15, 0.2) is 17.3 Å². The molecule has 0 aliphatic carbocycles. The van der Waals surface area contributed by atoms with Crippen LogP contribution in [0, 0.1) is 0 Å². The number of methoxy groups -OCH3 is 3. The average Bonchev–Trinajstić information content (AvgIpc) is 2.55. The van der Waals surface area contributed by atoms with Crippen LogP contribution in [0.1, 0.15) is 10.4 Å². The molecule has 0 amide bonds. The minimum absolute atomic E-state index is 0.0300. The van der Waals surface area contributed by atoms with Gasteiger partial charge in [0.2, 0.25) is 5.75 Å². The molecule has 122 valence electrons. The molecule has 22 heavy (non-hydrogen) atoms. The molecule has 2 rings (SSSR count). The van der Waals surface area contributed by atoms with E-state index < -0.39 is 0 Å². The second kappa shape index (κ2) is 7.47. The zero-order valence-electron chi connectivity index (χ0n) is 13.7. The van der Waals surface area contributed by atoms with Gasteiger partial charge in [0, 0.05) is 26.2 Å². The maximum Gasteiger partial charge on any atom is 0.204 e. The zero-order valence-corrected chi connectivity index (χ0v) is 13.7. The highest BCUT2D eigenvalue weighted by molar-refractivity contribution is 6.01. The van der Waals surface area contributed by atoms with Gasteiger partial charge in [-0.3, -0.25) is 9.69 Å². The lowest BCUT2D eigenvalue weighted by atomic mass is 10.1. The van der Waals surface area contributed by atoms with E-state index in [4.69, 9.17) is 14.2 Å². The van der Waals surface area contributed by atoms with Crippen molar-refractivity contribution >= 4 is 5.78 Å². The van der Waals surface area contributed by atoms with Crippen LogP contribution in [0.2, 0.25) is 0 Å². The number of hydrogen-bond donors (Lipinski definition) is 0. The molecular formula is C16H24N2O4. The van der Waals surface area contributed by atoms with E-state index in [9.17, 15) is 4.79 Å². The number of nitrogens with zero attached hydrogens (tertiary/aromatic N) is 2. The summed E-state index contributed by atoms with van der Waals surface area (Å²) in [6.07, 6.45) is 0. The highest BCUT2D eigenvalue weighted by Crippen LogP contribution is 2.39. The van der Waals surface area contributed by atoms with Crippen molar-refractivity contribution in [1.82, 2.24) is 9.80 Å². The quantitative estimate of drug-likeness (QED) is 0.735. The number of ketones is 1. The third-order valence-corrected chi connectivity index (χ3v) is 3.97. The number of benzene rings is 1. The normalized spacial score (nSPS) is 16.4. The summed E-state index contributed by atoms with van der Waals surface area (Å²) in [4.78, 5) is 17.0. The van der Waals surface area contributed by atoms with E-state index in [2.05, 4.69) is 16.8 Å². The van der Waals surface area contributed by atoms with E-state index in [0.29, 0.717) is 29.4 Å². The molecule has 0 atom stereocenters. The van der Waals surface area contributed by atoms with Crippen LogP contribution in [0.4, 0.5) is 0 Å². The molecular weight excluding hydrogens is 284 g/mol. The summed E-state index contributed by atoms with van der Waals surface area (Å²) >= 11 is 0. The van der Waals surface area contributed by atoms with Gasteiger partial charge < -0.3 is 19.1 Å². The Hall–Kier alpha value is -1.79. The van der Waals surface area contributed by atoms with E-state index in [1.54, 1.807) is 19.2 Å². The Bertz CT molecular complexity index is 525. The summed E-state index contributed by atoms with van der Waals surface area (Å²) < 4.78 is 16.0. The van der Waals surface area contributed by atoms with Crippen LogP contribution in [0.5, 0.6) is 17.2 Å². The van der Waals surface area contributed by atoms with E-state index in [1.807, 2.05) is 0 Å². The molecule has 1 fully saturated rings. The largest absolute Gasteiger partial charge is 0.493 e. The van der Waals surface area contributed by atoms with Gasteiger partial charge in [0.05, 0.1) is 33.4 Å². The maximum atomic E-state index is 12.6. The molecule has 0 N–H and O–H groups in total. The van der Waals surface area contributed by atoms with Crippen molar-refractivity contribution < 1.29 is 19.0 Å².